The number of guanidine groups is 1. The van der Waals surface area contributed by atoms with E-state index in [9.17, 15) is 8.78 Å². The Labute approximate surface area is 197 Å². The first-order chi connectivity index (χ1) is 14.1. The third-order valence-electron chi connectivity index (χ3n) is 3.90. The van der Waals surface area contributed by atoms with Crippen LogP contribution in [0.4, 0.5) is 8.78 Å². The van der Waals surface area contributed by atoms with Crippen molar-refractivity contribution in [2.75, 3.05) is 19.7 Å². The van der Waals surface area contributed by atoms with Crippen LogP contribution in [0.15, 0.2) is 29.4 Å². The quantitative estimate of drug-likeness (QED) is 0.241. The highest BCUT2D eigenvalue weighted by Crippen LogP contribution is 2.33. The number of hydrogen-bond donors (Lipinski definition) is 2. The van der Waals surface area contributed by atoms with Gasteiger partial charge in [-0.2, -0.15) is 8.78 Å². The molecule has 0 saturated heterocycles. The van der Waals surface area contributed by atoms with Crippen LogP contribution in [0.3, 0.4) is 0 Å². The molecule has 0 amide bonds. The van der Waals surface area contributed by atoms with Gasteiger partial charge in [-0.25, -0.2) is 9.98 Å². The Morgan fingerprint density at radius 3 is 2.67 bits per heavy atom. The van der Waals surface area contributed by atoms with Gasteiger partial charge in [0.1, 0.15) is 0 Å². The van der Waals surface area contributed by atoms with Gasteiger partial charge in [-0.15, -0.1) is 35.3 Å². The van der Waals surface area contributed by atoms with Gasteiger partial charge in [0.2, 0.25) is 0 Å². The Bertz CT molecular complexity index is 790. The first kappa shape index (κ1) is 26.3. The fraction of sp³-hybridized carbons (Fsp3) is 0.500. The normalized spacial score (nSPS) is 11.2. The summed E-state index contributed by atoms with van der Waals surface area (Å²) >= 11 is 1.71. The number of halogens is 3. The van der Waals surface area contributed by atoms with E-state index in [1.165, 1.54) is 4.88 Å². The molecule has 0 spiro atoms. The van der Waals surface area contributed by atoms with Crippen LogP contribution < -0.4 is 20.1 Å². The van der Waals surface area contributed by atoms with Crippen molar-refractivity contribution < 1.29 is 18.3 Å². The van der Waals surface area contributed by atoms with Gasteiger partial charge in [0.25, 0.3) is 0 Å². The number of aliphatic imine (C=N–C) groups is 1. The summed E-state index contributed by atoms with van der Waals surface area (Å²) in [6.45, 7) is 4.81. The van der Waals surface area contributed by atoms with Crippen molar-refractivity contribution in [2.24, 2.45) is 4.99 Å². The molecule has 2 aromatic rings. The molecule has 1 aromatic heterocycles. The number of alkyl halides is 2. The fourth-order valence-corrected chi connectivity index (χ4v) is 3.46. The Hall–Kier alpha value is -1.69. The molecule has 168 valence electrons. The highest BCUT2D eigenvalue weighted by molar-refractivity contribution is 14.0. The third-order valence-corrected chi connectivity index (χ3v) is 5.10. The molecule has 30 heavy (non-hydrogen) atoms. The molecule has 10 heteroatoms. The lowest BCUT2D eigenvalue weighted by molar-refractivity contribution is -0.0520. The van der Waals surface area contributed by atoms with E-state index in [0.717, 1.165) is 17.8 Å². The van der Waals surface area contributed by atoms with Crippen molar-refractivity contribution in [1.29, 1.82) is 0 Å². The van der Waals surface area contributed by atoms with Crippen LogP contribution >= 0.6 is 35.3 Å². The second-order valence-electron chi connectivity index (χ2n) is 6.00. The van der Waals surface area contributed by atoms with Crippen LogP contribution in [-0.4, -0.2) is 37.3 Å². The van der Waals surface area contributed by atoms with Gasteiger partial charge < -0.3 is 20.1 Å². The predicted octanol–water partition coefficient (Wildman–Crippen LogP) is 4.62. The smallest absolute Gasteiger partial charge is 0.387 e. The van der Waals surface area contributed by atoms with E-state index in [1.54, 1.807) is 36.5 Å². The number of para-hydroxylation sites is 1. The Kier molecular flexibility index (Phi) is 12.6. The van der Waals surface area contributed by atoms with Gasteiger partial charge >= 0.3 is 6.61 Å². The maximum absolute atomic E-state index is 12.9. The standard InChI is InChI=1S/C20H28F2N4O2S.HI/c1-4-15-13-25-17(29-15)10-11-24-20(23-5-2)26-12-14-8-7-9-16(27-6-3)18(14)28-19(21)22;/h7-9,13,19H,4-6,10-12H2,1-3H3,(H2,23,24,26);1H. The average molecular weight is 554 g/mol. The molecule has 0 saturated carbocycles. The van der Waals surface area contributed by atoms with Crippen LogP contribution in [-0.2, 0) is 19.4 Å². The lowest BCUT2D eigenvalue weighted by atomic mass is 10.2. The summed E-state index contributed by atoms with van der Waals surface area (Å²) in [5.74, 6) is 0.914. The Morgan fingerprint density at radius 2 is 2.03 bits per heavy atom. The van der Waals surface area contributed by atoms with Crippen molar-refractivity contribution >= 4 is 41.3 Å². The molecule has 0 fully saturated rings. The zero-order valence-corrected chi connectivity index (χ0v) is 20.6. The number of ether oxygens (including phenoxy) is 2. The van der Waals surface area contributed by atoms with Crippen molar-refractivity contribution in [3.8, 4) is 11.5 Å². The van der Waals surface area contributed by atoms with Crippen molar-refractivity contribution in [3.63, 3.8) is 0 Å². The highest BCUT2D eigenvalue weighted by atomic mass is 127. The molecule has 0 unspecified atom stereocenters. The second-order valence-corrected chi connectivity index (χ2v) is 7.20. The summed E-state index contributed by atoms with van der Waals surface area (Å²) in [5.41, 5.74) is 0.529. The maximum Gasteiger partial charge on any atom is 0.387 e. The lowest BCUT2D eigenvalue weighted by Gasteiger charge is -2.15. The highest BCUT2D eigenvalue weighted by Gasteiger charge is 2.15. The number of aromatic nitrogens is 1. The summed E-state index contributed by atoms with van der Waals surface area (Å²) in [6.07, 6.45) is 3.68. The molecule has 2 rings (SSSR count). The van der Waals surface area contributed by atoms with Gasteiger partial charge in [-0.1, -0.05) is 19.1 Å². The molecular formula is C20H29F2IN4O2S. The largest absolute Gasteiger partial charge is 0.490 e. The fourth-order valence-electron chi connectivity index (χ4n) is 2.60. The number of hydrogen-bond acceptors (Lipinski definition) is 5. The van der Waals surface area contributed by atoms with Gasteiger partial charge in [-0.3, -0.25) is 0 Å². The average Bonchev–Trinajstić information content (AvgIpc) is 3.16. The van der Waals surface area contributed by atoms with Crippen molar-refractivity contribution in [2.45, 2.75) is 46.8 Å². The molecule has 1 heterocycles. The van der Waals surface area contributed by atoms with E-state index in [4.69, 9.17) is 9.47 Å². The van der Waals surface area contributed by atoms with Crippen molar-refractivity contribution in [1.82, 2.24) is 15.6 Å². The molecular weight excluding hydrogens is 525 g/mol. The van der Waals surface area contributed by atoms with E-state index >= 15 is 0 Å². The van der Waals surface area contributed by atoms with Crippen LogP contribution in [0.5, 0.6) is 11.5 Å². The number of benzene rings is 1. The zero-order valence-electron chi connectivity index (χ0n) is 17.4. The van der Waals surface area contributed by atoms with Gasteiger partial charge in [0.05, 0.1) is 18.2 Å². The predicted molar refractivity (Wildman–Crippen MR) is 128 cm³/mol. The maximum atomic E-state index is 12.9. The van der Waals surface area contributed by atoms with E-state index in [-0.39, 0.29) is 42.0 Å². The molecule has 1 aromatic carbocycles. The number of nitrogens with zero attached hydrogens (tertiary/aromatic N) is 2. The minimum absolute atomic E-state index is 0. The number of thiazole rings is 1. The lowest BCUT2D eigenvalue weighted by Crippen LogP contribution is -2.38. The van der Waals surface area contributed by atoms with Crippen LogP contribution in [0.25, 0.3) is 0 Å². The number of nitrogens with one attached hydrogen (secondary N) is 2. The SMILES string of the molecule is CCNC(=NCc1cccc(OCC)c1OC(F)F)NCCc1ncc(CC)s1.I. The van der Waals surface area contributed by atoms with E-state index in [0.29, 0.717) is 31.2 Å². The summed E-state index contributed by atoms with van der Waals surface area (Å²) in [7, 11) is 0. The summed E-state index contributed by atoms with van der Waals surface area (Å²) in [6, 6.07) is 5.05. The molecule has 0 aliphatic heterocycles. The minimum atomic E-state index is -2.93. The molecule has 0 atom stereocenters. The Balaban J connectivity index is 0.00000450. The molecule has 6 nitrogen and oxygen atoms in total. The van der Waals surface area contributed by atoms with Crippen LogP contribution in [0.2, 0.25) is 0 Å². The van der Waals surface area contributed by atoms with E-state index in [2.05, 4.69) is 27.5 Å². The Morgan fingerprint density at radius 1 is 1.23 bits per heavy atom. The molecule has 0 aliphatic carbocycles. The molecule has 0 bridgehead atoms. The van der Waals surface area contributed by atoms with Crippen molar-refractivity contribution in [3.05, 3.63) is 39.8 Å². The molecule has 0 radical (unpaired) electrons. The van der Waals surface area contributed by atoms with Gasteiger partial charge in [-0.05, 0) is 26.3 Å². The minimum Gasteiger partial charge on any atom is -0.490 e. The van der Waals surface area contributed by atoms with Crippen LogP contribution in [0, 0.1) is 0 Å². The number of aryl methyl sites for hydroxylation is 1. The number of rotatable bonds is 11. The summed E-state index contributed by atoms with van der Waals surface area (Å²) in [5, 5.41) is 7.48. The first-order valence-corrected chi connectivity index (χ1v) is 10.5. The third kappa shape index (κ3) is 8.58. The zero-order chi connectivity index (χ0) is 21.1. The van der Waals surface area contributed by atoms with Gasteiger partial charge in [0.15, 0.2) is 17.5 Å². The molecule has 0 aliphatic rings. The van der Waals surface area contributed by atoms with E-state index in [1.807, 2.05) is 13.1 Å². The topological polar surface area (TPSA) is 67.8 Å². The first-order valence-electron chi connectivity index (χ1n) is 9.72. The molecule has 2 N–H and O–H groups in total. The monoisotopic (exact) mass is 554 g/mol. The van der Waals surface area contributed by atoms with E-state index < -0.39 is 6.61 Å². The summed E-state index contributed by atoms with van der Waals surface area (Å²) in [4.78, 5) is 10.2. The summed E-state index contributed by atoms with van der Waals surface area (Å²) < 4.78 is 35.8. The van der Waals surface area contributed by atoms with Gasteiger partial charge in [0, 0.05) is 36.1 Å². The second kappa shape index (κ2) is 14.3. The van der Waals surface area contributed by atoms with Crippen LogP contribution in [0.1, 0.15) is 36.2 Å².